The summed E-state index contributed by atoms with van der Waals surface area (Å²) in [7, 11) is 0. The van der Waals surface area contributed by atoms with Crippen LogP contribution in [-0.2, 0) is 0 Å². The van der Waals surface area contributed by atoms with E-state index in [1.54, 1.807) is 0 Å². The molecule has 0 saturated heterocycles. The molecular weight excluding hydrogens is 228 g/mol. The SMILES string of the molecule is [2H]c1c([2H])c([2H])c(-c2ccc3cc(C(C)C)ccc3c2)c([2H])c1[2H]. The standard InChI is InChI=1S/C19H18/c1-14(2)16-8-9-19-13-17(10-11-18(19)12-16)15-6-4-3-5-7-15/h3-14H,1-2H3/i3D,4D,5D,6D,7D. The average Bonchev–Trinajstić information content (AvgIpc) is 2.57. The lowest BCUT2D eigenvalue weighted by Crippen LogP contribution is -1.87. The maximum absolute atomic E-state index is 8.10. The van der Waals surface area contributed by atoms with Gasteiger partial charge in [-0.2, -0.15) is 0 Å². The Kier molecular flexibility index (Phi) is 1.93. The fraction of sp³-hybridized carbons (Fsp3) is 0.158. The van der Waals surface area contributed by atoms with Crippen molar-refractivity contribution >= 4 is 10.8 Å². The van der Waals surface area contributed by atoms with Crippen molar-refractivity contribution in [3.05, 3.63) is 72.2 Å². The zero-order chi connectivity index (χ0) is 17.6. The lowest BCUT2D eigenvalue weighted by atomic mass is 9.96. The summed E-state index contributed by atoms with van der Waals surface area (Å²) < 4.78 is 39.5. The Morgan fingerprint density at radius 1 is 0.789 bits per heavy atom. The van der Waals surface area contributed by atoms with E-state index >= 15 is 0 Å². The third kappa shape index (κ3) is 2.39. The third-order valence-electron chi connectivity index (χ3n) is 3.32. The first-order valence-corrected chi connectivity index (χ1v) is 6.42. The first-order valence-electron chi connectivity index (χ1n) is 8.92. The summed E-state index contributed by atoms with van der Waals surface area (Å²) >= 11 is 0. The largest absolute Gasteiger partial charge is 0.0629 e. The van der Waals surface area contributed by atoms with Crippen LogP contribution in [0.1, 0.15) is 32.2 Å². The van der Waals surface area contributed by atoms with Crippen LogP contribution in [-0.4, -0.2) is 0 Å². The van der Waals surface area contributed by atoms with Gasteiger partial charge in [-0.05, 0) is 39.4 Å². The highest BCUT2D eigenvalue weighted by atomic mass is 14.1. The van der Waals surface area contributed by atoms with Gasteiger partial charge in [0.2, 0.25) is 0 Å². The van der Waals surface area contributed by atoms with Crippen molar-refractivity contribution in [1.82, 2.24) is 0 Å². The normalized spacial score (nSPS) is 14.8. The van der Waals surface area contributed by atoms with E-state index < -0.39 is 0 Å². The minimum absolute atomic E-state index is 0.167. The molecule has 3 aromatic rings. The summed E-state index contributed by atoms with van der Waals surface area (Å²) in [6.07, 6.45) is 0. The Labute approximate surface area is 121 Å². The molecule has 19 heavy (non-hydrogen) atoms. The lowest BCUT2D eigenvalue weighted by Gasteiger charge is -2.08. The van der Waals surface area contributed by atoms with Crippen LogP contribution < -0.4 is 0 Å². The summed E-state index contributed by atoms with van der Waals surface area (Å²) in [5, 5.41) is 2.07. The lowest BCUT2D eigenvalue weighted by molar-refractivity contribution is 0.869. The van der Waals surface area contributed by atoms with Gasteiger partial charge in [0.25, 0.3) is 0 Å². The highest BCUT2D eigenvalue weighted by molar-refractivity contribution is 5.87. The van der Waals surface area contributed by atoms with E-state index in [0.29, 0.717) is 11.5 Å². The third-order valence-corrected chi connectivity index (χ3v) is 3.32. The van der Waals surface area contributed by atoms with Crippen molar-refractivity contribution in [2.24, 2.45) is 0 Å². The molecule has 0 aliphatic heterocycles. The Morgan fingerprint density at radius 3 is 2.21 bits per heavy atom. The zero-order valence-electron chi connectivity index (χ0n) is 16.0. The molecule has 0 heterocycles. The van der Waals surface area contributed by atoms with E-state index in [0.717, 1.165) is 10.8 Å². The Hall–Kier alpha value is -2.08. The van der Waals surface area contributed by atoms with Crippen LogP contribution in [0, 0.1) is 0 Å². The molecule has 0 unspecified atom stereocenters. The fourth-order valence-electron chi connectivity index (χ4n) is 2.17. The summed E-state index contributed by atoms with van der Waals surface area (Å²) in [5.41, 5.74) is 2.13. The van der Waals surface area contributed by atoms with Gasteiger partial charge in [0.1, 0.15) is 0 Å². The minimum Gasteiger partial charge on any atom is -0.0622 e. The molecular formula is C19H18. The smallest absolute Gasteiger partial charge is 0.0622 e. The second kappa shape index (κ2) is 4.89. The van der Waals surface area contributed by atoms with E-state index in [1.165, 1.54) is 5.56 Å². The molecule has 0 bridgehead atoms. The first kappa shape index (κ1) is 7.49. The van der Waals surface area contributed by atoms with Crippen LogP contribution in [0.2, 0.25) is 0 Å². The van der Waals surface area contributed by atoms with Gasteiger partial charge in [0.05, 0.1) is 6.85 Å². The van der Waals surface area contributed by atoms with E-state index in [-0.39, 0.29) is 35.8 Å². The van der Waals surface area contributed by atoms with Crippen molar-refractivity contribution in [1.29, 1.82) is 0 Å². The van der Waals surface area contributed by atoms with Crippen molar-refractivity contribution < 1.29 is 6.85 Å². The van der Waals surface area contributed by atoms with Crippen LogP contribution in [0.5, 0.6) is 0 Å². The van der Waals surface area contributed by atoms with Gasteiger partial charge in [0.15, 0.2) is 0 Å². The number of rotatable bonds is 2. The molecule has 0 heteroatoms. The highest BCUT2D eigenvalue weighted by Gasteiger charge is 2.02. The molecule has 0 aromatic heterocycles. The van der Waals surface area contributed by atoms with E-state index in [4.69, 9.17) is 6.85 Å². The van der Waals surface area contributed by atoms with Crippen LogP contribution in [0.15, 0.2) is 66.6 Å². The predicted octanol–water partition coefficient (Wildman–Crippen LogP) is 5.63. The Balaban J connectivity index is 2.23. The average molecular weight is 251 g/mol. The summed E-state index contributed by atoms with van der Waals surface area (Å²) in [5.74, 6) is 0.440. The Morgan fingerprint density at radius 2 is 1.47 bits per heavy atom. The molecule has 0 amide bonds. The second-order valence-corrected chi connectivity index (χ2v) is 4.98. The first-order chi connectivity index (χ1) is 11.3. The van der Waals surface area contributed by atoms with Gasteiger partial charge in [-0.3, -0.25) is 0 Å². The van der Waals surface area contributed by atoms with Crippen molar-refractivity contribution in [3.63, 3.8) is 0 Å². The second-order valence-electron chi connectivity index (χ2n) is 4.98. The monoisotopic (exact) mass is 251 g/mol. The fourth-order valence-corrected chi connectivity index (χ4v) is 2.17. The number of hydrogen-bond donors (Lipinski definition) is 0. The van der Waals surface area contributed by atoms with Crippen LogP contribution in [0.3, 0.4) is 0 Å². The maximum atomic E-state index is 8.10. The molecule has 94 valence electrons. The molecule has 0 nitrogen and oxygen atoms in total. The zero-order valence-corrected chi connectivity index (χ0v) is 11.0. The molecule has 0 N–H and O–H groups in total. The van der Waals surface area contributed by atoms with Gasteiger partial charge in [-0.1, -0.05) is 74.4 Å². The van der Waals surface area contributed by atoms with Gasteiger partial charge < -0.3 is 0 Å². The molecule has 0 saturated carbocycles. The molecule has 0 spiro atoms. The van der Waals surface area contributed by atoms with Crippen molar-refractivity contribution in [2.75, 3.05) is 0 Å². The summed E-state index contributed by atoms with van der Waals surface area (Å²) in [4.78, 5) is 0. The molecule has 0 fully saturated rings. The molecule has 0 radical (unpaired) electrons. The molecule has 0 aliphatic rings. The van der Waals surface area contributed by atoms with Gasteiger partial charge in [-0.15, -0.1) is 0 Å². The van der Waals surface area contributed by atoms with Crippen LogP contribution in [0.4, 0.5) is 0 Å². The molecule has 0 atom stereocenters. The van der Waals surface area contributed by atoms with Crippen LogP contribution >= 0.6 is 0 Å². The molecule has 3 rings (SSSR count). The summed E-state index contributed by atoms with van der Waals surface area (Å²) in [6.45, 7) is 4.28. The van der Waals surface area contributed by atoms with Crippen LogP contribution in [0.25, 0.3) is 21.9 Å². The topological polar surface area (TPSA) is 0 Å². The number of fused-ring (bicyclic) bond motifs is 1. The highest BCUT2D eigenvalue weighted by Crippen LogP contribution is 2.26. The van der Waals surface area contributed by atoms with E-state index in [9.17, 15) is 0 Å². The molecule has 3 aromatic carbocycles. The number of benzene rings is 3. The van der Waals surface area contributed by atoms with E-state index in [1.807, 2.05) is 24.3 Å². The number of hydrogen-bond acceptors (Lipinski definition) is 0. The van der Waals surface area contributed by atoms with Gasteiger partial charge in [0, 0.05) is 0 Å². The predicted molar refractivity (Wildman–Crippen MR) is 83.5 cm³/mol. The van der Waals surface area contributed by atoms with E-state index in [2.05, 4.69) is 26.0 Å². The minimum atomic E-state index is -0.365. The summed E-state index contributed by atoms with van der Waals surface area (Å²) in [6, 6.07) is 10.6. The van der Waals surface area contributed by atoms with Crippen molar-refractivity contribution in [3.8, 4) is 11.1 Å². The van der Waals surface area contributed by atoms with Gasteiger partial charge in [-0.25, -0.2) is 0 Å². The van der Waals surface area contributed by atoms with Crippen molar-refractivity contribution in [2.45, 2.75) is 19.8 Å². The van der Waals surface area contributed by atoms with Gasteiger partial charge >= 0.3 is 0 Å². The maximum Gasteiger partial charge on any atom is 0.0629 e. The molecule has 0 aliphatic carbocycles. The Bertz CT molecular complexity index is 915. The quantitative estimate of drug-likeness (QED) is 0.553.